The van der Waals surface area contributed by atoms with Crippen LogP contribution in [0, 0.1) is 0 Å². The third-order valence-corrected chi connectivity index (χ3v) is 3.72. The number of benzene rings is 1. The number of nitrogens with one attached hydrogen (secondary N) is 1. The summed E-state index contributed by atoms with van der Waals surface area (Å²) in [5.74, 6) is 0.881. The Kier molecular flexibility index (Phi) is 4.25. The molecule has 1 atom stereocenters. The molecule has 1 unspecified atom stereocenters. The molecule has 2 rings (SSSR count). The molecule has 1 saturated heterocycles. The number of aliphatic hydroxyl groups is 1. The minimum atomic E-state index is -0.627. The zero-order valence-corrected chi connectivity index (χ0v) is 11.3. The molecule has 18 heavy (non-hydrogen) atoms. The van der Waals surface area contributed by atoms with E-state index in [1.165, 1.54) is 5.56 Å². The SMILES string of the molecule is CCc1ccc(OC)c(CC2(O)CCCNC2)c1. The molecule has 2 N–H and O–H groups in total. The molecule has 0 saturated carbocycles. The number of methoxy groups -OCH3 is 1. The lowest BCUT2D eigenvalue weighted by Crippen LogP contribution is -2.47. The first-order valence-corrected chi connectivity index (χ1v) is 6.76. The Balaban J connectivity index is 2.20. The van der Waals surface area contributed by atoms with Crippen molar-refractivity contribution in [1.29, 1.82) is 0 Å². The van der Waals surface area contributed by atoms with Gasteiger partial charge in [-0.15, -0.1) is 0 Å². The normalized spacial score (nSPS) is 23.9. The van der Waals surface area contributed by atoms with Crippen molar-refractivity contribution in [3.05, 3.63) is 29.3 Å². The van der Waals surface area contributed by atoms with E-state index in [9.17, 15) is 5.11 Å². The Morgan fingerprint density at radius 3 is 2.89 bits per heavy atom. The molecule has 0 amide bonds. The van der Waals surface area contributed by atoms with Crippen LogP contribution in [-0.4, -0.2) is 30.9 Å². The fourth-order valence-corrected chi connectivity index (χ4v) is 2.65. The van der Waals surface area contributed by atoms with Crippen LogP contribution in [0.2, 0.25) is 0 Å². The van der Waals surface area contributed by atoms with E-state index in [0.717, 1.165) is 37.1 Å². The van der Waals surface area contributed by atoms with Crippen molar-refractivity contribution in [3.8, 4) is 5.75 Å². The first kappa shape index (κ1) is 13.4. The fraction of sp³-hybridized carbons (Fsp3) is 0.600. The maximum absolute atomic E-state index is 10.6. The highest BCUT2D eigenvalue weighted by molar-refractivity contribution is 5.38. The molecule has 3 heteroatoms. The fourth-order valence-electron chi connectivity index (χ4n) is 2.65. The van der Waals surface area contributed by atoms with Crippen LogP contribution in [0.1, 0.15) is 30.9 Å². The maximum atomic E-state index is 10.6. The van der Waals surface area contributed by atoms with Gasteiger partial charge in [-0.25, -0.2) is 0 Å². The lowest BCUT2D eigenvalue weighted by molar-refractivity contribution is 0.0165. The van der Waals surface area contributed by atoms with Crippen LogP contribution in [0.25, 0.3) is 0 Å². The smallest absolute Gasteiger partial charge is 0.122 e. The van der Waals surface area contributed by atoms with Gasteiger partial charge in [0.2, 0.25) is 0 Å². The molecule has 1 fully saturated rings. The van der Waals surface area contributed by atoms with Crippen LogP contribution in [0.5, 0.6) is 5.75 Å². The van der Waals surface area contributed by atoms with Crippen molar-refractivity contribution in [2.75, 3.05) is 20.2 Å². The van der Waals surface area contributed by atoms with Crippen molar-refractivity contribution in [1.82, 2.24) is 5.32 Å². The van der Waals surface area contributed by atoms with Gasteiger partial charge in [0.25, 0.3) is 0 Å². The summed E-state index contributed by atoms with van der Waals surface area (Å²) < 4.78 is 5.40. The van der Waals surface area contributed by atoms with Gasteiger partial charge in [-0.2, -0.15) is 0 Å². The largest absolute Gasteiger partial charge is 0.496 e. The molecule has 100 valence electrons. The van der Waals surface area contributed by atoms with Gasteiger partial charge in [-0.1, -0.05) is 19.1 Å². The number of hydrogen-bond donors (Lipinski definition) is 2. The van der Waals surface area contributed by atoms with E-state index < -0.39 is 5.60 Å². The summed E-state index contributed by atoms with van der Waals surface area (Å²) in [6, 6.07) is 6.25. The van der Waals surface area contributed by atoms with Crippen LogP contribution in [-0.2, 0) is 12.8 Å². The van der Waals surface area contributed by atoms with Gasteiger partial charge in [0, 0.05) is 13.0 Å². The van der Waals surface area contributed by atoms with Gasteiger partial charge in [0.15, 0.2) is 0 Å². The second kappa shape index (κ2) is 5.72. The highest BCUT2D eigenvalue weighted by Gasteiger charge is 2.30. The zero-order valence-electron chi connectivity index (χ0n) is 11.3. The van der Waals surface area contributed by atoms with Crippen molar-refractivity contribution in [2.24, 2.45) is 0 Å². The van der Waals surface area contributed by atoms with Crippen LogP contribution in [0.15, 0.2) is 18.2 Å². The average Bonchev–Trinajstić information content (AvgIpc) is 2.39. The molecule has 1 heterocycles. The van der Waals surface area contributed by atoms with Crippen molar-refractivity contribution < 1.29 is 9.84 Å². The van der Waals surface area contributed by atoms with Gasteiger partial charge >= 0.3 is 0 Å². The molecule has 0 aromatic heterocycles. The van der Waals surface area contributed by atoms with Gasteiger partial charge in [-0.05, 0) is 43.0 Å². The van der Waals surface area contributed by atoms with Gasteiger partial charge in [-0.3, -0.25) is 0 Å². The molecule has 0 radical (unpaired) electrons. The standard InChI is InChI=1S/C15H23NO2/c1-3-12-5-6-14(18-2)13(9-12)10-15(17)7-4-8-16-11-15/h5-6,9,16-17H,3-4,7-8,10-11H2,1-2H3. The van der Waals surface area contributed by atoms with Gasteiger partial charge < -0.3 is 15.2 Å². The predicted molar refractivity (Wildman–Crippen MR) is 73.1 cm³/mol. The summed E-state index contributed by atoms with van der Waals surface area (Å²) >= 11 is 0. The Morgan fingerprint density at radius 2 is 2.28 bits per heavy atom. The average molecular weight is 249 g/mol. The molecular formula is C15H23NO2. The number of ether oxygens (including phenoxy) is 1. The summed E-state index contributed by atoms with van der Waals surface area (Å²) in [6.07, 6.45) is 3.57. The molecule has 0 spiro atoms. The third kappa shape index (κ3) is 3.03. The summed E-state index contributed by atoms with van der Waals surface area (Å²) in [5, 5.41) is 13.9. The minimum absolute atomic E-state index is 0.627. The van der Waals surface area contributed by atoms with Gasteiger partial charge in [0.1, 0.15) is 5.75 Å². The zero-order chi connectivity index (χ0) is 13.0. The predicted octanol–water partition coefficient (Wildman–Crippen LogP) is 1.91. The number of β-amino-alcohol motifs (C(OH)–C–C–N with tert-alkyl or cyclic N) is 1. The molecular weight excluding hydrogens is 226 g/mol. The second-order valence-electron chi connectivity index (χ2n) is 5.18. The summed E-state index contributed by atoms with van der Waals surface area (Å²) in [7, 11) is 1.69. The Labute approximate surface area is 109 Å². The highest BCUT2D eigenvalue weighted by Crippen LogP contribution is 2.28. The maximum Gasteiger partial charge on any atom is 0.122 e. The Hall–Kier alpha value is -1.06. The summed E-state index contributed by atoms with van der Waals surface area (Å²) in [5.41, 5.74) is 1.78. The minimum Gasteiger partial charge on any atom is -0.496 e. The summed E-state index contributed by atoms with van der Waals surface area (Å²) in [4.78, 5) is 0. The molecule has 1 aliphatic heterocycles. The number of hydrogen-bond acceptors (Lipinski definition) is 3. The quantitative estimate of drug-likeness (QED) is 0.856. The van der Waals surface area contributed by atoms with Gasteiger partial charge in [0.05, 0.1) is 12.7 Å². The molecule has 0 bridgehead atoms. The lowest BCUT2D eigenvalue weighted by Gasteiger charge is -2.33. The second-order valence-corrected chi connectivity index (χ2v) is 5.18. The van der Waals surface area contributed by atoms with Crippen LogP contribution in [0.4, 0.5) is 0 Å². The topological polar surface area (TPSA) is 41.5 Å². The Morgan fingerprint density at radius 1 is 1.44 bits per heavy atom. The third-order valence-electron chi connectivity index (χ3n) is 3.72. The van der Waals surface area contributed by atoms with Crippen LogP contribution < -0.4 is 10.1 Å². The van der Waals surface area contributed by atoms with Crippen molar-refractivity contribution >= 4 is 0 Å². The van der Waals surface area contributed by atoms with E-state index >= 15 is 0 Å². The van der Waals surface area contributed by atoms with E-state index in [1.54, 1.807) is 7.11 Å². The highest BCUT2D eigenvalue weighted by atomic mass is 16.5. The van der Waals surface area contributed by atoms with Crippen LogP contribution >= 0.6 is 0 Å². The van der Waals surface area contributed by atoms with E-state index in [1.807, 2.05) is 6.07 Å². The van der Waals surface area contributed by atoms with E-state index in [-0.39, 0.29) is 0 Å². The number of rotatable bonds is 4. The van der Waals surface area contributed by atoms with Crippen molar-refractivity contribution in [2.45, 2.75) is 38.2 Å². The van der Waals surface area contributed by atoms with E-state index in [2.05, 4.69) is 24.4 Å². The van der Waals surface area contributed by atoms with Crippen LogP contribution in [0.3, 0.4) is 0 Å². The van der Waals surface area contributed by atoms with E-state index in [4.69, 9.17) is 4.74 Å². The van der Waals surface area contributed by atoms with Crippen molar-refractivity contribution in [3.63, 3.8) is 0 Å². The monoisotopic (exact) mass is 249 g/mol. The first-order chi connectivity index (χ1) is 8.67. The molecule has 3 nitrogen and oxygen atoms in total. The molecule has 0 aliphatic carbocycles. The molecule has 1 aliphatic rings. The molecule has 1 aromatic rings. The Bertz CT molecular complexity index is 397. The lowest BCUT2D eigenvalue weighted by atomic mass is 9.86. The number of piperidine rings is 1. The van der Waals surface area contributed by atoms with E-state index in [0.29, 0.717) is 13.0 Å². The molecule has 1 aromatic carbocycles. The summed E-state index contributed by atoms with van der Waals surface area (Å²) in [6.45, 7) is 3.82. The first-order valence-electron chi connectivity index (χ1n) is 6.76. The number of aryl methyl sites for hydroxylation is 1.